The van der Waals surface area contributed by atoms with Gasteiger partial charge in [-0.1, -0.05) is 29.8 Å². The van der Waals surface area contributed by atoms with E-state index in [0.717, 1.165) is 16.9 Å². The molecular weight excluding hydrogens is 352 g/mol. The molecule has 1 aliphatic rings. The van der Waals surface area contributed by atoms with E-state index >= 15 is 0 Å². The van der Waals surface area contributed by atoms with E-state index in [-0.39, 0.29) is 11.8 Å². The first-order valence-electron chi connectivity index (χ1n) is 9.78. The summed E-state index contributed by atoms with van der Waals surface area (Å²) in [5, 5.41) is 0. The summed E-state index contributed by atoms with van der Waals surface area (Å²) in [5.41, 5.74) is 4.12. The van der Waals surface area contributed by atoms with Crippen LogP contribution in [0, 0.1) is 20.8 Å². The monoisotopic (exact) mass is 380 g/mol. The van der Waals surface area contributed by atoms with Gasteiger partial charge in [-0.15, -0.1) is 0 Å². The van der Waals surface area contributed by atoms with Gasteiger partial charge in [0, 0.05) is 31.7 Å². The van der Waals surface area contributed by atoms with Gasteiger partial charge in [-0.3, -0.25) is 9.59 Å². The molecule has 3 rings (SSSR count). The molecule has 0 saturated carbocycles. The minimum Gasteiger partial charge on any atom is -0.493 e. The molecule has 1 heterocycles. The highest BCUT2D eigenvalue weighted by Crippen LogP contribution is 2.20. The third-order valence-corrected chi connectivity index (χ3v) is 5.35. The lowest BCUT2D eigenvalue weighted by atomic mass is 10.1. The Kier molecular flexibility index (Phi) is 6.34. The number of aryl methyl sites for hydroxylation is 2. The molecule has 0 atom stereocenters. The smallest absolute Gasteiger partial charge is 0.253 e. The van der Waals surface area contributed by atoms with Crippen molar-refractivity contribution in [2.75, 3.05) is 32.8 Å². The second kappa shape index (κ2) is 8.91. The Bertz CT molecular complexity index is 837. The largest absolute Gasteiger partial charge is 0.493 e. The molecule has 5 heteroatoms. The number of hydrogen-bond acceptors (Lipinski definition) is 3. The fourth-order valence-corrected chi connectivity index (χ4v) is 3.32. The Hall–Kier alpha value is -2.82. The molecule has 2 amide bonds. The first kappa shape index (κ1) is 19.9. The predicted molar refractivity (Wildman–Crippen MR) is 110 cm³/mol. The SMILES string of the molecule is Cc1ccc(C(=O)N2CCN(C(=O)CCOc3cccc(C)c3C)CC2)cc1. The van der Waals surface area contributed by atoms with E-state index in [2.05, 4.69) is 0 Å². The maximum Gasteiger partial charge on any atom is 0.253 e. The number of benzene rings is 2. The number of nitrogens with zero attached hydrogens (tertiary/aromatic N) is 2. The lowest BCUT2D eigenvalue weighted by molar-refractivity contribution is -0.133. The van der Waals surface area contributed by atoms with Gasteiger partial charge in [-0.2, -0.15) is 0 Å². The normalized spacial score (nSPS) is 14.1. The van der Waals surface area contributed by atoms with Gasteiger partial charge in [0.05, 0.1) is 13.0 Å². The summed E-state index contributed by atoms with van der Waals surface area (Å²) in [4.78, 5) is 28.7. The summed E-state index contributed by atoms with van der Waals surface area (Å²) >= 11 is 0. The standard InChI is InChI=1S/C23H28N2O3/c1-17-7-9-20(10-8-17)23(27)25-14-12-24(13-15-25)22(26)11-16-28-21-6-4-5-18(2)19(21)3/h4-10H,11-16H2,1-3H3. The van der Waals surface area contributed by atoms with Crippen LogP contribution < -0.4 is 4.74 Å². The zero-order chi connectivity index (χ0) is 20.1. The highest BCUT2D eigenvalue weighted by molar-refractivity contribution is 5.94. The van der Waals surface area contributed by atoms with Crippen LogP contribution >= 0.6 is 0 Å². The highest BCUT2D eigenvalue weighted by Gasteiger charge is 2.24. The molecule has 0 spiro atoms. The van der Waals surface area contributed by atoms with E-state index in [4.69, 9.17) is 4.74 Å². The molecule has 0 aromatic heterocycles. The minimum atomic E-state index is 0.0327. The van der Waals surface area contributed by atoms with Crippen molar-refractivity contribution < 1.29 is 14.3 Å². The lowest BCUT2D eigenvalue weighted by Crippen LogP contribution is -2.50. The average molecular weight is 380 g/mol. The van der Waals surface area contributed by atoms with Crippen LogP contribution in [0.25, 0.3) is 0 Å². The van der Waals surface area contributed by atoms with Gasteiger partial charge in [0.25, 0.3) is 5.91 Å². The van der Waals surface area contributed by atoms with Crippen molar-refractivity contribution in [1.82, 2.24) is 9.80 Å². The fourth-order valence-electron chi connectivity index (χ4n) is 3.32. The number of carbonyl (C=O) groups excluding carboxylic acids is 2. The van der Waals surface area contributed by atoms with Gasteiger partial charge in [-0.05, 0) is 50.1 Å². The molecule has 0 aliphatic carbocycles. The molecule has 1 aliphatic heterocycles. The number of ether oxygens (including phenoxy) is 1. The lowest BCUT2D eigenvalue weighted by Gasteiger charge is -2.35. The molecule has 0 radical (unpaired) electrons. The molecule has 0 bridgehead atoms. The highest BCUT2D eigenvalue weighted by atomic mass is 16.5. The summed E-state index contributed by atoms with van der Waals surface area (Å²) in [6, 6.07) is 13.6. The van der Waals surface area contributed by atoms with E-state index in [0.29, 0.717) is 44.8 Å². The van der Waals surface area contributed by atoms with E-state index in [9.17, 15) is 9.59 Å². The van der Waals surface area contributed by atoms with Gasteiger partial charge >= 0.3 is 0 Å². The second-order valence-electron chi connectivity index (χ2n) is 7.34. The van der Waals surface area contributed by atoms with Gasteiger partial charge in [0.2, 0.25) is 5.91 Å². The summed E-state index contributed by atoms with van der Waals surface area (Å²) in [7, 11) is 0. The quantitative estimate of drug-likeness (QED) is 0.799. The molecule has 0 unspecified atom stereocenters. The van der Waals surface area contributed by atoms with Crippen LogP contribution in [-0.2, 0) is 4.79 Å². The number of hydrogen-bond donors (Lipinski definition) is 0. The molecular formula is C23H28N2O3. The minimum absolute atomic E-state index is 0.0327. The second-order valence-corrected chi connectivity index (χ2v) is 7.34. The number of rotatable bonds is 5. The molecule has 1 fully saturated rings. The maximum absolute atomic E-state index is 12.6. The third kappa shape index (κ3) is 4.71. The Labute approximate surface area is 166 Å². The van der Waals surface area contributed by atoms with Gasteiger partial charge in [0.15, 0.2) is 0 Å². The number of piperazine rings is 1. The van der Waals surface area contributed by atoms with Crippen molar-refractivity contribution in [3.8, 4) is 5.75 Å². The predicted octanol–water partition coefficient (Wildman–Crippen LogP) is 3.37. The maximum atomic E-state index is 12.6. The van der Waals surface area contributed by atoms with E-state index in [1.54, 1.807) is 0 Å². The van der Waals surface area contributed by atoms with Crippen molar-refractivity contribution in [2.24, 2.45) is 0 Å². The Balaban J connectivity index is 1.45. The van der Waals surface area contributed by atoms with Crippen LogP contribution in [-0.4, -0.2) is 54.4 Å². The van der Waals surface area contributed by atoms with Crippen LogP contribution in [0.15, 0.2) is 42.5 Å². The van der Waals surface area contributed by atoms with Crippen LogP contribution in [0.2, 0.25) is 0 Å². The van der Waals surface area contributed by atoms with Crippen molar-refractivity contribution in [3.05, 3.63) is 64.7 Å². The van der Waals surface area contributed by atoms with Gasteiger partial charge < -0.3 is 14.5 Å². The number of amides is 2. The van der Waals surface area contributed by atoms with Crippen LogP contribution in [0.4, 0.5) is 0 Å². The zero-order valence-electron chi connectivity index (χ0n) is 16.9. The zero-order valence-corrected chi connectivity index (χ0v) is 16.9. The summed E-state index contributed by atoms with van der Waals surface area (Å²) in [6.07, 6.45) is 0.347. The molecule has 2 aromatic rings. The Morgan fingerprint density at radius 1 is 0.893 bits per heavy atom. The van der Waals surface area contributed by atoms with Crippen LogP contribution in [0.3, 0.4) is 0 Å². The molecule has 5 nitrogen and oxygen atoms in total. The average Bonchev–Trinajstić information content (AvgIpc) is 2.71. The molecule has 0 N–H and O–H groups in total. The summed E-state index contributed by atoms with van der Waals surface area (Å²) < 4.78 is 5.79. The Morgan fingerprint density at radius 2 is 1.54 bits per heavy atom. The first-order valence-corrected chi connectivity index (χ1v) is 9.78. The van der Waals surface area contributed by atoms with Crippen molar-refractivity contribution in [2.45, 2.75) is 27.2 Å². The Morgan fingerprint density at radius 3 is 2.21 bits per heavy atom. The summed E-state index contributed by atoms with van der Waals surface area (Å²) in [5.74, 6) is 0.944. The van der Waals surface area contributed by atoms with Crippen LogP contribution in [0.5, 0.6) is 5.75 Å². The van der Waals surface area contributed by atoms with Gasteiger partial charge in [0.1, 0.15) is 5.75 Å². The molecule has 148 valence electrons. The van der Waals surface area contributed by atoms with Crippen molar-refractivity contribution in [3.63, 3.8) is 0 Å². The topological polar surface area (TPSA) is 49.9 Å². The fraction of sp³-hybridized carbons (Fsp3) is 0.391. The van der Waals surface area contributed by atoms with Crippen molar-refractivity contribution >= 4 is 11.8 Å². The summed E-state index contributed by atoms with van der Waals surface area (Å²) in [6.45, 7) is 8.71. The molecule has 1 saturated heterocycles. The first-order chi connectivity index (χ1) is 13.5. The van der Waals surface area contributed by atoms with E-state index in [1.165, 1.54) is 5.56 Å². The van der Waals surface area contributed by atoms with Crippen molar-refractivity contribution in [1.29, 1.82) is 0 Å². The molecule has 2 aromatic carbocycles. The van der Waals surface area contributed by atoms with Gasteiger partial charge in [-0.25, -0.2) is 0 Å². The third-order valence-electron chi connectivity index (χ3n) is 5.35. The van der Waals surface area contributed by atoms with Crippen LogP contribution in [0.1, 0.15) is 33.5 Å². The van der Waals surface area contributed by atoms with E-state index in [1.807, 2.05) is 73.0 Å². The molecule has 28 heavy (non-hydrogen) atoms. The van der Waals surface area contributed by atoms with E-state index < -0.39 is 0 Å². The number of carbonyl (C=O) groups is 2.